The molecule has 3 aromatic rings. The molecule has 1 saturated heterocycles. The van der Waals surface area contributed by atoms with Crippen molar-refractivity contribution in [1.29, 1.82) is 0 Å². The van der Waals surface area contributed by atoms with Crippen LogP contribution in [0.15, 0.2) is 77.0 Å². The van der Waals surface area contributed by atoms with Crippen LogP contribution < -0.4 is 5.32 Å². The number of aromatic nitrogens is 2. The molecule has 1 atom stereocenters. The summed E-state index contributed by atoms with van der Waals surface area (Å²) in [5.41, 5.74) is 2.90. The van der Waals surface area contributed by atoms with Crippen molar-refractivity contribution in [3.05, 3.63) is 78.1 Å². The molecular weight excluding hydrogens is 380 g/mol. The van der Waals surface area contributed by atoms with Gasteiger partial charge in [0.05, 0.1) is 0 Å². The number of anilines is 1. The number of carbonyl (C=O) groups excluding carboxylic acids is 1. The summed E-state index contributed by atoms with van der Waals surface area (Å²) < 4.78 is 0. The van der Waals surface area contributed by atoms with Crippen LogP contribution in [0.4, 0.5) is 5.69 Å². The standard InChI is InChI=1S/C23H24N4OS/c1-17-16-19(29-23-24-12-7-13-25-23)10-11-20(17)26-22(28)21(27-14-5-6-15-27)18-8-3-2-4-9-18/h2-4,7-13,16,21H,5-6,14-15H2,1H3,(H,26,28). The number of rotatable bonds is 6. The Morgan fingerprint density at radius 1 is 1.03 bits per heavy atom. The maximum Gasteiger partial charge on any atom is 0.246 e. The number of hydrogen-bond acceptors (Lipinski definition) is 5. The van der Waals surface area contributed by atoms with E-state index < -0.39 is 0 Å². The molecule has 6 heteroatoms. The van der Waals surface area contributed by atoms with Crippen molar-refractivity contribution < 1.29 is 4.79 Å². The van der Waals surface area contributed by atoms with Crippen molar-refractivity contribution in [3.63, 3.8) is 0 Å². The highest BCUT2D eigenvalue weighted by Crippen LogP contribution is 2.30. The normalized spacial score (nSPS) is 15.2. The van der Waals surface area contributed by atoms with Crippen LogP contribution in [0.2, 0.25) is 0 Å². The van der Waals surface area contributed by atoms with Crippen LogP contribution in [-0.4, -0.2) is 33.9 Å². The predicted octanol–water partition coefficient (Wildman–Crippen LogP) is 4.71. The Morgan fingerprint density at radius 3 is 2.45 bits per heavy atom. The van der Waals surface area contributed by atoms with Gasteiger partial charge in [-0.2, -0.15) is 0 Å². The average molecular weight is 405 g/mol. The van der Waals surface area contributed by atoms with E-state index in [4.69, 9.17) is 0 Å². The number of hydrogen-bond donors (Lipinski definition) is 1. The molecule has 1 N–H and O–H groups in total. The Bertz CT molecular complexity index is 959. The fourth-order valence-corrected chi connectivity index (χ4v) is 4.46. The summed E-state index contributed by atoms with van der Waals surface area (Å²) >= 11 is 1.51. The predicted molar refractivity (Wildman–Crippen MR) is 116 cm³/mol. The van der Waals surface area contributed by atoms with Crippen LogP contribution in [-0.2, 0) is 4.79 Å². The molecule has 2 aromatic carbocycles. The van der Waals surface area contributed by atoms with Gasteiger partial charge in [-0.25, -0.2) is 9.97 Å². The van der Waals surface area contributed by atoms with Gasteiger partial charge in [-0.15, -0.1) is 0 Å². The van der Waals surface area contributed by atoms with E-state index in [-0.39, 0.29) is 11.9 Å². The molecule has 1 aliphatic heterocycles. The van der Waals surface area contributed by atoms with Crippen molar-refractivity contribution in [2.45, 2.75) is 35.9 Å². The molecule has 0 aliphatic carbocycles. The van der Waals surface area contributed by atoms with E-state index in [9.17, 15) is 4.79 Å². The van der Waals surface area contributed by atoms with Gasteiger partial charge in [0.25, 0.3) is 0 Å². The monoisotopic (exact) mass is 404 g/mol. The Kier molecular flexibility index (Phi) is 6.22. The van der Waals surface area contributed by atoms with Crippen LogP contribution in [0.25, 0.3) is 0 Å². The van der Waals surface area contributed by atoms with Gasteiger partial charge in [0, 0.05) is 23.0 Å². The van der Waals surface area contributed by atoms with Crippen molar-refractivity contribution in [2.24, 2.45) is 0 Å². The van der Waals surface area contributed by atoms with Crippen LogP contribution >= 0.6 is 11.8 Å². The Hall–Kier alpha value is -2.70. The second-order valence-corrected chi connectivity index (χ2v) is 8.20. The van der Waals surface area contributed by atoms with E-state index in [0.29, 0.717) is 5.16 Å². The molecule has 5 nitrogen and oxygen atoms in total. The molecule has 0 spiro atoms. The molecule has 1 fully saturated rings. The Labute approximate surface area is 175 Å². The molecule has 2 heterocycles. The number of carbonyl (C=O) groups is 1. The molecule has 1 aromatic heterocycles. The molecule has 148 valence electrons. The highest BCUT2D eigenvalue weighted by Gasteiger charge is 2.29. The first-order chi connectivity index (χ1) is 14.2. The number of benzene rings is 2. The third-order valence-electron chi connectivity index (χ3n) is 5.08. The molecule has 0 saturated carbocycles. The molecule has 0 bridgehead atoms. The quantitative estimate of drug-likeness (QED) is 0.603. The summed E-state index contributed by atoms with van der Waals surface area (Å²) in [6.45, 7) is 3.93. The van der Waals surface area contributed by atoms with Crippen LogP contribution in [0.5, 0.6) is 0 Å². The first-order valence-electron chi connectivity index (χ1n) is 9.86. The van der Waals surface area contributed by atoms with Crippen LogP contribution in [0, 0.1) is 6.92 Å². The molecule has 1 amide bonds. The van der Waals surface area contributed by atoms with Gasteiger partial charge in [0.2, 0.25) is 5.91 Å². The summed E-state index contributed by atoms with van der Waals surface area (Å²) in [6.07, 6.45) is 5.75. The minimum Gasteiger partial charge on any atom is -0.324 e. The maximum absolute atomic E-state index is 13.3. The van der Waals surface area contributed by atoms with Crippen molar-refractivity contribution in [1.82, 2.24) is 14.9 Å². The van der Waals surface area contributed by atoms with E-state index >= 15 is 0 Å². The minimum atomic E-state index is -0.259. The molecule has 0 radical (unpaired) electrons. The number of nitrogens with zero attached hydrogens (tertiary/aromatic N) is 3. The Balaban J connectivity index is 1.51. The largest absolute Gasteiger partial charge is 0.324 e. The molecule has 1 aliphatic rings. The Morgan fingerprint density at radius 2 is 1.76 bits per heavy atom. The third kappa shape index (κ3) is 4.83. The lowest BCUT2D eigenvalue weighted by Crippen LogP contribution is -2.35. The number of nitrogens with one attached hydrogen (secondary N) is 1. The highest BCUT2D eigenvalue weighted by atomic mass is 32.2. The van der Waals surface area contributed by atoms with Gasteiger partial charge in [-0.1, -0.05) is 30.3 Å². The highest BCUT2D eigenvalue weighted by molar-refractivity contribution is 7.99. The lowest BCUT2D eigenvalue weighted by Gasteiger charge is -2.27. The van der Waals surface area contributed by atoms with Crippen LogP contribution in [0.3, 0.4) is 0 Å². The first-order valence-corrected chi connectivity index (χ1v) is 10.7. The van der Waals surface area contributed by atoms with E-state index in [0.717, 1.165) is 47.6 Å². The van der Waals surface area contributed by atoms with E-state index in [1.54, 1.807) is 18.5 Å². The average Bonchev–Trinajstić information content (AvgIpc) is 3.26. The molecule has 4 rings (SSSR count). The lowest BCUT2D eigenvalue weighted by atomic mass is 10.0. The maximum atomic E-state index is 13.3. The zero-order chi connectivity index (χ0) is 20.1. The van der Waals surface area contributed by atoms with E-state index in [1.165, 1.54) is 11.8 Å². The third-order valence-corrected chi connectivity index (χ3v) is 5.96. The van der Waals surface area contributed by atoms with Crippen molar-refractivity contribution >= 4 is 23.4 Å². The van der Waals surface area contributed by atoms with Gasteiger partial charge < -0.3 is 5.32 Å². The second kappa shape index (κ2) is 9.20. The van der Waals surface area contributed by atoms with Crippen LogP contribution in [0.1, 0.15) is 30.0 Å². The topological polar surface area (TPSA) is 58.1 Å². The summed E-state index contributed by atoms with van der Waals surface area (Å²) in [5.74, 6) is 0.0213. The summed E-state index contributed by atoms with van der Waals surface area (Å²) in [4.78, 5) is 25.1. The molecule has 1 unspecified atom stereocenters. The summed E-state index contributed by atoms with van der Waals surface area (Å²) in [7, 11) is 0. The van der Waals surface area contributed by atoms with Gasteiger partial charge in [0.1, 0.15) is 6.04 Å². The minimum absolute atomic E-state index is 0.0213. The van der Waals surface area contributed by atoms with E-state index in [1.807, 2.05) is 49.4 Å². The van der Waals surface area contributed by atoms with Crippen molar-refractivity contribution in [2.75, 3.05) is 18.4 Å². The van der Waals surface area contributed by atoms with Gasteiger partial charge in [-0.3, -0.25) is 9.69 Å². The SMILES string of the molecule is Cc1cc(Sc2ncccn2)ccc1NC(=O)C(c1ccccc1)N1CCCC1. The fourth-order valence-electron chi connectivity index (χ4n) is 3.65. The smallest absolute Gasteiger partial charge is 0.246 e. The van der Waals surface area contributed by atoms with E-state index in [2.05, 4.69) is 26.3 Å². The molecular formula is C23H24N4OS. The summed E-state index contributed by atoms with van der Waals surface area (Å²) in [6, 6.07) is 17.6. The zero-order valence-corrected chi connectivity index (χ0v) is 17.2. The lowest BCUT2D eigenvalue weighted by molar-refractivity contribution is -0.121. The number of amides is 1. The summed E-state index contributed by atoms with van der Waals surface area (Å²) in [5, 5.41) is 3.87. The number of aryl methyl sites for hydroxylation is 1. The zero-order valence-electron chi connectivity index (χ0n) is 16.4. The van der Waals surface area contributed by atoms with Crippen molar-refractivity contribution in [3.8, 4) is 0 Å². The van der Waals surface area contributed by atoms with Gasteiger partial charge in [0.15, 0.2) is 5.16 Å². The second-order valence-electron chi connectivity index (χ2n) is 7.16. The van der Waals surface area contributed by atoms with Gasteiger partial charge >= 0.3 is 0 Å². The number of likely N-dealkylation sites (tertiary alicyclic amines) is 1. The molecule has 29 heavy (non-hydrogen) atoms. The van der Waals surface area contributed by atoms with Gasteiger partial charge in [-0.05, 0) is 80.0 Å². The first kappa shape index (κ1) is 19.6. The fraction of sp³-hybridized carbons (Fsp3) is 0.261.